The van der Waals surface area contributed by atoms with Crippen molar-refractivity contribution in [1.29, 1.82) is 0 Å². The van der Waals surface area contributed by atoms with Crippen molar-refractivity contribution in [3.63, 3.8) is 0 Å². The molecule has 27 heavy (non-hydrogen) atoms. The van der Waals surface area contributed by atoms with E-state index in [9.17, 15) is 14.7 Å². The van der Waals surface area contributed by atoms with Crippen LogP contribution in [0.2, 0.25) is 0 Å². The molecule has 0 radical (unpaired) electrons. The van der Waals surface area contributed by atoms with Crippen molar-refractivity contribution in [3.8, 4) is 5.75 Å². The van der Waals surface area contributed by atoms with Crippen molar-refractivity contribution >= 4 is 11.8 Å². The molecule has 2 heterocycles. The van der Waals surface area contributed by atoms with Gasteiger partial charge < -0.3 is 19.1 Å². The Morgan fingerprint density at radius 2 is 2.00 bits per heavy atom. The number of nitrogens with zero attached hydrogens (tertiary/aromatic N) is 1. The third-order valence-electron chi connectivity index (χ3n) is 4.99. The molecule has 0 spiro atoms. The average Bonchev–Trinajstić information content (AvgIpc) is 3.23. The number of ether oxygens (including phenoxy) is 2. The summed E-state index contributed by atoms with van der Waals surface area (Å²) in [6.07, 6.45) is 2.27. The number of carbonyl (C=O) groups excluding carboxylic acids is 2. The molecule has 1 aromatic heterocycles. The minimum atomic E-state index is -0.714. The van der Waals surface area contributed by atoms with Crippen molar-refractivity contribution in [2.45, 2.75) is 46.3 Å². The van der Waals surface area contributed by atoms with E-state index < -0.39 is 5.97 Å². The molecule has 0 bridgehead atoms. The maximum absolute atomic E-state index is 12.6. The zero-order chi connectivity index (χ0) is 19.6. The Hall–Kier alpha value is -2.60. The average molecular weight is 371 g/mol. The molecule has 144 valence electrons. The number of phenolic OH excluding ortho intramolecular Hbond substituents is 1. The van der Waals surface area contributed by atoms with Crippen molar-refractivity contribution in [3.05, 3.63) is 52.3 Å². The van der Waals surface area contributed by atoms with Crippen LogP contribution in [0.1, 0.15) is 50.5 Å². The van der Waals surface area contributed by atoms with Crippen LogP contribution in [0.4, 0.5) is 0 Å². The molecular formula is C21H25NO5. The maximum Gasteiger partial charge on any atom is 0.342 e. The first-order valence-electron chi connectivity index (χ1n) is 9.15. The van der Waals surface area contributed by atoms with Crippen LogP contribution in [0.3, 0.4) is 0 Å². The fourth-order valence-electron chi connectivity index (χ4n) is 3.46. The number of aryl methyl sites for hydroxylation is 2. The Kier molecular flexibility index (Phi) is 5.65. The van der Waals surface area contributed by atoms with Crippen LogP contribution >= 0.6 is 0 Å². The molecule has 1 saturated heterocycles. The van der Waals surface area contributed by atoms with Crippen molar-refractivity contribution in [2.75, 3.05) is 13.2 Å². The van der Waals surface area contributed by atoms with E-state index in [1.54, 1.807) is 6.07 Å². The number of ketones is 1. The molecule has 0 aliphatic carbocycles. The van der Waals surface area contributed by atoms with Gasteiger partial charge in [-0.1, -0.05) is 6.07 Å². The van der Waals surface area contributed by atoms with Gasteiger partial charge in [-0.15, -0.1) is 0 Å². The van der Waals surface area contributed by atoms with Gasteiger partial charge in [0.25, 0.3) is 0 Å². The Labute approximate surface area is 158 Å². The van der Waals surface area contributed by atoms with Gasteiger partial charge in [0.1, 0.15) is 11.3 Å². The van der Waals surface area contributed by atoms with Gasteiger partial charge in [-0.05, 0) is 57.4 Å². The van der Waals surface area contributed by atoms with Gasteiger partial charge in [0.15, 0.2) is 6.61 Å². The Bertz CT molecular complexity index is 862. The van der Waals surface area contributed by atoms with Crippen molar-refractivity contribution in [1.82, 2.24) is 4.57 Å². The number of carbonyl (C=O) groups is 2. The molecular weight excluding hydrogens is 346 g/mol. The van der Waals surface area contributed by atoms with Crippen molar-refractivity contribution < 1.29 is 24.2 Å². The molecule has 1 N–H and O–H groups in total. The predicted octanol–water partition coefficient (Wildman–Crippen LogP) is 3.34. The minimum Gasteiger partial charge on any atom is -0.507 e. The number of rotatable bonds is 6. The fourth-order valence-corrected chi connectivity index (χ4v) is 3.46. The molecule has 6 heteroatoms. The van der Waals surface area contributed by atoms with Crippen LogP contribution in [0.5, 0.6) is 5.75 Å². The number of phenols is 1. The zero-order valence-corrected chi connectivity index (χ0v) is 15.9. The Balaban J connectivity index is 1.66. The van der Waals surface area contributed by atoms with Crippen LogP contribution in [-0.2, 0) is 16.0 Å². The first-order chi connectivity index (χ1) is 12.9. The van der Waals surface area contributed by atoms with E-state index in [2.05, 4.69) is 4.57 Å². The first-order valence-corrected chi connectivity index (χ1v) is 9.15. The summed E-state index contributed by atoms with van der Waals surface area (Å²) in [6, 6.07) is 6.50. The highest BCUT2D eigenvalue weighted by Crippen LogP contribution is 2.22. The zero-order valence-electron chi connectivity index (χ0n) is 15.9. The third kappa shape index (κ3) is 4.22. The van der Waals surface area contributed by atoms with Crippen LogP contribution < -0.4 is 0 Å². The van der Waals surface area contributed by atoms with Gasteiger partial charge >= 0.3 is 5.97 Å². The molecule has 1 fully saturated rings. The number of benzene rings is 1. The summed E-state index contributed by atoms with van der Waals surface area (Å²) in [7, 11) is 0. The monoisotopic (exact) mass is 371 g/mol. The summed E-state index contributed by atoms with van der Waals surface area (Å²) in [4.78, 5) is 24.7. The van der Waals surface area contributed by atoms with Gasteiger partial charge in [0.05, 0.1) is 6.10 Å². The lowest BCUT2D eigenvalue weighted by Crippen LogP contribution is -2.18. The molecule has 0 unspecified atom stereocenters. The second-order valence-electron chi connectivity index (χ2n) is 7.05. The summed E-state index contributed by atoms with van der Waals surface area (Å²) >= 11 is 0. The second-order valence-corrected chi connectivity index (χ2v) is 7.05. The first kappa shape index (κ1) is 19.2. The number of aromatic hydroxyl groups is 1. The highest BCUT2D eigenvalue weighted by Gasteiger charge is 2.22. The highest BCUT2D eigenvalue weighted by atomic mass is 16.5. The number of esters is 1. The van der Waals surface area contributed by atoms with E-state index >= 15 is 0 Å². The summed E-state index contributed by atoms with van der Waals surface area (Å²) in [6.45, 7) is 6.80. The summed E-state index contributed by atoms with van der Waals surface area (Å²) in [5, 5.41) is 9.86. The molecule has 1 aliphatic rings. The van der Waals surface area contributed by atoms with E-state index in [0.29, 0.717) is 5.56 Å². The summed E-state index contributed by atoms with van der Waals surface area (Å²) < 4.78 is 12.9. The molecule has 0 amide bonds. The van der Waals surface area contributed by atoms with Gasteiger partial charge in [0, 0.05) is 30.1 Å². The van der Waals surface area contributed by atoms with Crippen LogP contribution in [0.15, 0.2) is 24.3 Å². The molecule has 6 nitrogen and oxygen atoms in total. The van der Waals surface area contributed by atoms with E-state index in [4.69, 9.17) is 9.47 Å². The Morgan fingerprint density at radius 3 is 2.67 bits per heavy atom. The molecule has 3 rings (SSSR count). The van der Waals surface area contributed by atoms with E-state index in [-0.39, 0.29) is 29.8 Å². The lowest BCUT2D eigenvalue weighted by molar-refractivity contribution is 0.0471. The van der Waals surface area contributed by atoms with Gasteiger partial charge in [-0.25, -0.2) is 4.79 Å². The highest BCUT2D eigenvalue weighted by molar-refractivity contribution is 6.01. The van der Waals surface area contributed by atoms with Crippen LogP contribution in [0, 0.1) is 20.8 Å². The largest absolute Gasteiger partial charge is 0.507 e. The van der Waals surface area contributed by atoms with Gasteiger partial charge in [-0.2, -0.15) is 0 Å². The van der Waals surface area contributed by atoms with Crippen LogP contribution in [-0.4, -0.2) is 40.7 Å². The second kappa shape index (κ2) is 7.96. The summed E-state index contributed by atoms with van der Waals surface area (Å²) in [5.74, 6) is -1.13. The number of aromatic nitrogens is 1. The number of Topliss-reactive ketones (excluding diaryl/α,β-unsaturated/α-hetero) is 1. The lowest BCUT2D eigenvalue weighted by Gasteiger charge is -2.14. The molecule has 1 aliphatic heterocycles. The maximum atomic E-state index is 12.6. The van der Waals surface area contributed by atoms with Gasteiger partial charge in [0.2, 0.25) is 5.78 Å². The SMILES string of the molecule is Cc1ccc(C(=O)OCC(=O)c2cc(C)n(C[C@H]3CCCO3)c2C)c(O)c1. The van der Waals surface area contributed by atoms with E-state index in [1.807, 2.05) is 26.8 Å². The smallest absolute Gasteiger partial charge is 0.342 e. The van der Waals surface area contributed by atoms with Crippen LogP contribution in [0.25, 0.3) is 0 Å². The Morgan fingerprint density at radius 1 is 1.22 bits per heavy atom. The molecule has 0 saturated carbocycles. The summed E-state index contributed by atoms with van der Waals surface area (Å²) in [5.41, 5.74) is 3.26. The quantitative estimate of drug-likeness (QED) is 0.622. The van der Waals surface area contributed by atoms with E-state index in [0.717, 1.165) is 42.9 Å². The molecule has 2 aromatic rings. The van der Waals surface area contributed by atoms with Crippen molar-refractivity contribution in [2.24, 2.45) is 0 Å². The minimum absolute atomic E-state index is 0.0530. The molecule has 1 atom stereocenters. The van der Waals surface area contributed by atoms with E-state index in [1.165, 1.54) is 12.1 Å². The fraction of sp³-hybridized carbons (Fsp3) is 0.429. The predicted molar refractivity (Wildman–Crippen MR) is 100 cm³/mol. The topological polar surface area (TPSA) is 77.8 Å². The number of hydrogen-bond acceptors (Lipinski definition) is 5. The number of hydrogen-bond donors (Lipinski definition) is 1. The van der Waals surface area contributed by atoms with Gasteiger partial charge in [-0.3, -0.25) is 4.79 Å². The standard InChI is InChI=1S/C21H25NO5/c1-13-6-7-17(19(23)9-13)21(25)27-12-20(24)18-10-14(2)22(15(18)3)11-16-5-4-8-26-16/h6-7,9-10,16,23H,4-5,8,11-12H2,1-3H3/t16-/m1/s1. The lowest BCUT2D eigenvalue weighted by atomic mass is 10.1. The normalized spacial score (nSPS) is 16.5. The molecule has 1 aromatic carbocycles. The third-order valence-corrected chi connectivity index (χ3v) is 4.99.